The standard InChI is InChI=1S/C17H16N2O2S.ClH/c1-3-21-17(20)13-10-18-15-7-5-4-6-12(15)16(13)19-14-8-9-22-11(14)2;/h4-10H,3H2,1-2H3,(H,18,19);1H. The van der Waals surface area contributed by atoms with Crippen LogP contribution in [0.5, 0.6) is 0 Å². The predicted molar refractivity (Wildman–Crippen MR) is 97.3 cm³/mol. The molecule has 0 saturated carbocycles. The van der Waals surface area contributed by atoms with Crippen LogP contribution in [0.2, 0.25) is 0 Å². The van der Waals surface area contributed by atoms with Crippen LogP contribution in [-0.2, 0) is 4.74 Å². The number of ether oxygens (including phenoxy) is 1. The summed E-state index contributed by atoms with van der Waals surface area (Å²) in [6, 6.07) is 9.75. The first-order valence-corrected chi connectivity index (χ1v) is 7.94. The number of carbonyl (C=O) groups excluding carboxylic acids is 1. The Hall–Kier alpha value is -2.11. The van der Waals surface area contributed by atoms with Crippen molar-refractivity contribution in [1.29, 1.82) is 0 Å². The van der Waals surface area contributed by atoms with Crippen LogP contribution < -0.4 is 5.32 Å². The van der Waals surface area contributed by atoms with E-state index in [4.69, 9.17) is 4.74 Å². The number of para-hydroxylation sites is 1. The van der Waals surface area contributed by atoms with Crippen molar-refractivity contribution in [3.8, 4) is 0 Å². The van der Waals surface area contributed by atoms with Crippen molar-refractivity contribution in [3.05, 3.63) is 52.3 Å². The number of esters is 1. The number of carbonyl (C=O) groups is 1. The molecule has 2 heterocycles. The number of nitrogens with one attached hydrogen (secondary N) is 1. The Bertz CT molecular complexity index is 832. The number of halogens is 1. The van der Waals surface area contributed by atoms with Gasteiger partial charge in [0.1, 0.15) is 5.56 Å². The molecule has 3 aromatic rings. The Morgan fingerprint density at radius 2 is 2.09 bits per heavy atom. The SMILES string of the molecule is CCOC(=O)c1cnc2ccccc2c1Nc1ccsc1C.Cl. The maximum atomic E-state index is 12.2. The van der Waals surface area contributed by atoms with E-state index in [-0.39, 0.29) is 18.4 Å². The molecule has 1 aromatic carbocycles. The van der Waals surface area contributed by atoms with Crippen LogP contribution in [0.3, 0.4) is 0 Å². The van der Waals surface area contributed by atoms with Gasteiger partial charge in [0.2, 0.25) is 0 Å². The number of benzene rings is 1. The molecule has 0 unspecified atom stereocenters. The summed E-state index contributed by atoms with van der Waals surface area (Å²) < 4.78 is 5.15. The summed E-state index contributed by atoms with van der Waals surface area (Å²) in [7, 11) is 0. The van der Waals surface area contributed by atoms with Gasteiger partial charge in [0.05, 0.1) is 23.5 Å². The second-order valence-electron chi connectivity index (χ2n) is 4.80. The van der Waals surface area contributed by atoms with Gasteiger partial charge in [-0.2, -0.15) is 0 Å². The minimum Gasteiger partial charge on any atom is -0.462 e. The van der Waals surface area contributed by atoms with E-state index in [0.717, 1.165) is 27.2 Å². The molecular formula is C17H17ClN2O2S. The summed E-state index contributed by atoms with van der Waals surface area (Å²) in [6.07, 6.45) is 1.57. The van der Waals surface area contributed by atoms with Crippen LogP contribution in [0.15, 0.2) is 41.9 Å². The lowest BCUT2D eigenvalue weighted by atomic mass is 10.1. The number of fused-ring (bicyclic) bond motifs is 1. The number of thiophene rings is 1. The Morgan fingerprint density at radius 3 is 2.78 bits per heavy atom. The molecule has 2 aromatic heterocycles. The summed E-state index contributed by atoms with van der Waals surface area (Å²) in [6.45, 7) is 4.17. The zero-order chi connectivity index (χ0) is 15.5. The first kappa shape index (κ1) is 17.2. The maximum Gasteiger partial charge on any atom is 0.341 e. The van der Waals surface area contributed by atoms with E-state index in [1.54, 1.807) is 24.5 Å². The molecule has 0 spiro atoms. The van der Waals surface area contributed by atoms with Crippen molar-refractivity contribution in [2.75, 3.05) is 11.9 Å². The molecule has 0 saturated heterocycles. The number of rotatable bonds is 4. The van der Waals surface area contributed by atoms with Crippen molar-refractivity contribution in [3.63, 3.8) is 0 Å². The molecule has 0 aliphatic heterocycles. The van der Waals surface area contributed by atoms with Crippen molar-refractivity contribution in [1.82, 2.24) is 4.98 Å². The van der Waals surface area contributed by atoms with Crippen LogP contribution in [-0.4, -0.2) is 17.6 Å². The predicted octanol–water partition coefficient (Wildman–Crippen LogP) is 4.95. The number of nitrogens with zero attached hydrogens (tertiary/aromatic N) is 1. The summed E-state index contributed by atoms with van der Waals surface area (Å²) in [4.78, 5) is 17.7. The van der Waals surface area contributed by atoms with Crippen molar-refractivity contribution in [2.45, 2.75) is 13.8 Å². The third-order valence-corrected chi connectivity index (χ3v) is 4.23. The molecule has 4 nitrogen and oxygen atoms in total. The molecule has 3 rings (SSSR count). The van der Waals surface area contributed by atoms with Gasteiger partial charge in [0, 0.05) is 16.5 Å². The average molecular weight is 349 g/mol. The number of pyridine rings is 1. The Morgan fingerprint density at radius 1 is 1.30 bits per heavy atom. The average Bonchev–Trinajstić information content (AvgIpc) is 2.93. The van der Waals surface area contributed by atoms with E-state index in [9.17, 15) is 4.79 Å². The molecule has 0 fully saturated rings. The largest absolute Gasteiger partial charge is 0.462 e. The van der Waals surface area contributed by atoms with E-state index >= 15 is 0 Å². The summed E-state index contributed by atoms with van der Waals surface area (Å²) in [5, 5.41) is 6.29. The van der Waals surface area contributed by atoms with Crippen LogP contribution in [0.4, 0.5) is 11.4 Å². The fourth-order valence-electron chi connectivity index (χ4n) is 2.29. The van der Waals surface area contributed by atoms with E-state index < -0.39 is 0 Å². The lowest BCUT2D eigenvalue weighted by Gasteiger charge is -2.13. The number of aromatic nitrogens is 1. The third kappa shape index (κ3) is 3.46. The lowest BCUT2D eigenvalue weighted by molar-refractivity contribution is 0.0527. The van der Waals surface area contributed by atoms with Gasteiger partial charge in [-0.05, 0) is 31.4 Å². The first-order chi connectivity index (χ1) is 10.7. The molecular weight excluding hydrogens is 332 g/mol. The van der Waals surface area contributed by atoms with Crippen LogP contribution >= 0.6 is 23.7 Å². The molecule has 120 valence electrons. The van der Waals surface area contributed by atoms with Crippen molar-refractivity contribution in [2.24, 2.45) is 0 Å². The lowest BCUT2D eigenvalue weighted by Crippen LogP contribution is -2.09. The molecule has 0 amide bonds. The second-order valence-corrected chi connectivity index (χ2v) is 5.92. The summed E-state index contributed by atoms with van der Waals surface area (Å²) >= 11 is 1.66. The Balaban J connectivity index is 0.00000192. The zero-order valence-corrected chi connectivity index (χ0v) is 14.5. The van der Waals surface area contributed by atoms with Gasteiger partial charge in [0.25, 0.3) is 0 Å². The third-order valence-electron chi connectivity index (χ3n) is 3.39. The van der Waals surface area contributed by atoms with E-state index in [1.165, 1.54) is 0 Å². The van der Waals surface area contributed by atoms with Crippen LogP contribution in [0, 0.1) is 6.92 Å². The Kier molecular flexibility index (Phi) is 5.58. The van der Waals surface area contributed by atoms with Gasteiger partial charge in [-0.25, -0.2) is 4.79 Å². The van der Waals surface area contributed by atoms with E-state index in [2.05, 4.69) is 10.3 Å². The number of hydrogen-bond donors (Lipinski definition) is 1. The highest BCUT2D eigenvalue weighted by atomic mass is 35.5. The van der Waals surface area contributed by atoms with Gasteiger partial charge >= 0.3 is 5.97 Å². The monoisotopic (exact) mass is 348 g/mol. The highest BCUT2D eigenvalue weighted by Crippen LogP contribution is 2.32. The maximum absolute atomic E-state index is 12.2. The van der Waals surface area contributed by atoms with Crippen molar-refractivity contribution < 1.29 is 9.53 Å². The number of anilines is 2. The van der Waals surface area contributed by atoms with Crippen molar-refractivity contribution >= 4 is 52.0 Å². The highest BCUT2D eigenvalue weighted by Gasteiger charge is 2.17. The molecule has 23 heavy (non-hydrogen) atoms. The normalized spacial score (nSPS) is 10.2. The van der Waals surface area contributed by atoms with Gasteiger partial charge in [-0.3, -0.25) is 4.98 Å². The second kappa shape index (κ2) is 7.44. The van der Waals surface area contributed by atoms with Gasteiger partial charge in [-0.15, -0.1) is 23.7 Å². The van der Waals surface area contributed by atoms with E-state index in [0.29, 0.717) is 12.2 Å². The minimum atomic E-state index is -0.365. The number of hydrogen-bond acceptors (Lipinski definition) is 5. The van der Waals surface area contributed by atoms with Gasteiger partial charge in [-0.1, -0.05) is 18.2 Å². The molecule has 0 atom stereocenters. The summed E-state index contributed by atoms with van der Waals surface area (Å²) in [5.41, 5.74) is 3.02. The minimum absolute atomic E-state index is 0. The van der Waals surface area contributed by atoms with Crippen LogP contribution in [0.1, 0.15) is 22.2 Å². The first-order valence-electron chi connectivity index (χ1n) is 7.06. The Labute approximate surface area is 144 Å². The molecule has 0 bridgehead atoms. The molecule has 0 aliphatic rings. The fourth-order valence-corrected chi connectivity index (χ4v) is 2.94. The molecule has 1 N–H and O–H groups in total. The highest BCUT2D eigenvalue weighted by molar-refractivity contribution is 7.10. The topological polar surface area (TPSA) is 51.2 Å². The fraction of sp³-hybridized carbons (Fsp3) is 0.176. The molecule has 0 radical (unpaired) electrons. The zero-order valence-electron chi connectivity index (χ0n) is 12.8. The molecule has 0 aliphatic carbocycles. The van der Waals surface area contributed by atoms with E-state index in [1.807, 2.05) is 42.6 Å². The smallest absolute Gasteiger partial charge is 0.341 e. The summed E-state index contributed by atoms with van der Waals surface area (Å²) in [5.74, 6) is -0.365. The number of aryl methyl sites for hydroxylation is 1. The van der Waals surface area contributed by atoms with Gasteiger partial charge in [0.15, 0.2) is 0 Å². The molecule has 6 heteroatoms. The quantitative estimate of drug-likeness (QED) is 0.678. The van der Waals surface area contributed by atoms with Gasteiger partial charge < -0.3 is 10.1 Å². The van der Waals surface area contributed by atoms with Crippen LogP contribution in [0.25, 0.3) is 10.9 Å².